The van der Waals surface area contributed by atoms with Crippen molar-refractivity contribution in [1.82, 2.24) is 25.1 Å². The van der Waals surface area contributed by atoms with Crippen LogP contribution in [0.2, 0.25) is 0 Å². The first kappa shape index (κ1) is 9.38. The molecule has 15 heavy (non-hydrogen) atoms. The Labute approximate surface area is 85.0 Å². The van der Waals surface area contributed by atoms with Crippen molar-refractivity contribution in [2.75, 3.05) is 11.9 Å². The maximum atomic E-state index is 10.9. The molecule has 0 aliphatic carbocycles. The maximum Gasteiger partial charge on any atom is 0.252 e. The monoisotopic (exact) mass is 206 g/mol. The second-order valence-electron chi connectivity index (χ2n) is 2.91. The van der Waals surface area contributed by atoms with Gasteiger partial charge in [-0.05, 0) is 0 Å². The van der Waals surface area contributed by atoms with Crippen LogP contribution in [0.25, 0.3) is 0 Å². The number of aromatic amines is 2. The molecule has 0 spiro atoms. The fourth-order valence-electron chi connectivity index (χ4n) is 1.13. The first-order valence-electron chi connectivity index (χ1n) is 4.47. The smallest absolute Gasteiger partial charge is 0.252 e. The zero-order valence-corrected chi connectivity index (χ0v) is 7.90. The summed E-state index contributed by atoms with van der Waals surface area (Å²) in [5.74, 6) is 1.35. The van der Waals surface area contributed by atoms with E-state index in [1.54, 1.807) is 0 Å². The minimum absolute atomic E-state index is 0.174. The summed E-state index contributed by atoms with van der Waals surface area (Å²) in [5.41, 5.74) is -0.174. The molecule has 7 heteroatoms. The highest BCUT2D eigenvalue weighted by atomic mass is 16.1. The van der Waals surface area contributed by atoms with E-state index in [0.29, 0.717) is 18.8 Å². The van der Waals surface area contributed by atoms with Crippen LogP contribution in [-0.4, -0.2) is 31.7 Å². The molecule has 2 aromatic heterocycles. The molecule has 0 saturated heterocycles. The van der Waals surface area contributed by atoms with Crippen LogP contribution in [0.15, 0.2) is 23.5 Å². The quantitative estimate of drug-likeness (QED) is 0.628. The van der Waals surface area contributed by atoms with E-state index >= 15 is 0 Å². The lowest BCUT2D eigenvalue weighted by molar-refractivity contribution is 0.895. The summed E-state index contributed by atoms with van der Waals surface area (Å²) in [5, 5.41) is 9.48. The van der Waals surface area contributed by atoms with Crippen LogP contribution in [0.4, 0.5) is 5.82 Å². The Kier molecular flexibility index (Phi) is 2.72. The van der Waals surface area contributed by atoms with E-state index < -0.39 is 0 Å². The third-order valence-corrected chi connectivity index (χ3v) is 1.81. The van der Waals surface area contributed by atoms with Crippen molar-refractivity contribution in [1.29, 1.82) is 0 Å². The number of anilines is 1. The number of rotatable bonds is 4. The summed E-state index contributed by atoms with van der Waals surface area (Å²) < 4.78 is 0. The predicted molar refractivity (Wildman–Crippen MR) is 53.4 cm³/mol. The number of H-pyrrole nitrogens is 2. The van der Waals surface area contributed by atoms with Gasteiger partial charge in [0.05, 0.1) is 6.33 Å². The highest BCUT2D eigenvalue weighted by molar-refractivity contribution is 5.31. The number of hydrogen-bond donors (Lipinski definition) is 3. The molecule has 0 bridgehead atoms. The first-order valence-corrected chi connectivity index (χ1v) is 4.47. The normalized spacial score (nSPS) is 10.1. The van der Waals surface area contributed by atoms with Crippen molar-refractivity contribution >= 4 is 5.82 Å². The summed E-state index contributed by atoms with van der Waals surface area (Å²) in [4.78, 5) is 21.3. The molecule has 0 fully saturated rings. The van der Waals surface area contributed by atoms with Crippen molar-refractivity contribution in [2.45, 2.75) is 6.42 Å². The summed E-state index contributed by atoms with van der Waals surface area (Å²) in [7, 11) is 0. The Bertz CT molecular complexity index is 462. The van der Waals surface area contributed by atoms with Gasteiger partial charge in [0.2, 0.25) is 0 Å². The zero-order valence-electron chi connectivity index (χ0n) is 7.90. The summed E-state index contributed by atoms with van der Waals surface area (Å²) in [6.45, 7) is 0.644. The molecule has 2 rings (SSSR count). The van der Waals surface area contributed by atoms with E-state index in [2.05, 4.69) is 30.5 Å². The number of aromatic nitrogens is 5. The first-order chi connectivity index (χ1) is 7.34. The lowest BCUT2D eigenvalue weighted by atomic mass is 10.4. The molecule has 3 N–H and O–H groups in total. The van der Waals surface area contributed by atoms with Gasteiger partial charge in [-0.25, -0.2) is 9.97 Å². The van der Waals surface area contributed by atoms with Gasteiger partial charge < -0.3 is 10.3 Å². The highest BCUT2D eigenvalue weighted by Crippen LogP contribution is 1.95. The molecule has 0 aromatic carbocycles. The zero-order chi connectivity index (χ0) is 10.5. The predicted octanol–water partition coefficient (Wildman–Crippen LogP) is -0.457. The Morgan fingerprint density at radius 2 is 2.33 bits per heavy atom. The minimum atomic E-state index is -0.174. The van der Waals surface area contributed by atoms with Crippen LogP contribution < -0.4 is 10.9 Å². The van der Waals surface area contributed by atoms with Gasteiger partial charge in [0, 0.05) is 19.0 Å². The minimum Gasteiger partial charge on any atom is -0.369 e. The molecule has 0 amide bonds. The molecule has 0 aliphatic heterocycles. The maximum absolute atomic E-state index is 10.9. The fourth-order valence-corrected chi connectivity index (χ4v) is 1.13. The average molecular weight is 206 g/mol. The van der Waals surface area contributed by atoms with E-state index in [-0.39, 0.29) is 5.56 Å². The molecule has 0 atom stereocenters. The summed E-state index contributed by atoms with van der Waals surface area (Å²) in [6, 6.07) is 1.40. The van der Waals surface area contributed by atoms with Crippen LogP contribution in [0.5, 0.6) is 0 Å². The van der Waals surface area contributed by atoms with Crippen molar-refractivity contribution in [3.63, 3.8) is 0 Å². The topological polar surface area (TPSA) is 99.3 Å². The van der Waals surface area contributed by atoms with Gasteiger partial charge in [-0.2, -0.15) is 5.10 Å². The molecule has 7 nitrogen and oxygen atoms in total. The lowest BCUT2D eigenvalue weighted by Gasteiger charge is -2.01. The summed E-state index contributed by atoms with van der Waals surface area (Å²) >= 11 is 0. The van der Waals surface area contributed by atoms with Crippen LogP contribution in [0.1, 0.15) is 5.82 Å². The summed E-state index contributed by atoms with van der Waals surface area (Å²) in [6.07, 6.45) is 3.52. The SMILES string of the molecule is O=c1cc(NCCc2ncn[nH]2)nc[nH]1. The highest BCUT2D eigenvalue weighted by Gasteiger charge is 1.96. The van der Waals surface area contributed by atoms with Gasteiger partial charge in [0.25, 0.3) is 5.56 Å². The van der Waals surface area contributed by atoms with E-state index in [0.717, 1.165) is 5.82 Å². The van der Waals surface area contributed by atoms with Crippen molar-refractivity contribution < 1.29 is 0 Å². The molecular weight excluding hydrogens is 196 g/mol. The number of nitrogens with one attached hydrogen (secondary N) is 3. The second-order valence-corrected chi connectivity index (χ2v) is 2.91. The molecule has 0 aliphatic rings. The second kappa shape index (κ2) is 4.36. The Balaban J connectivity index is 1.86. The molecule has 78 valence electrons. The van der Waals surface area contributed by atoms with Gasteiger partial charge in [0.1, 0.15) is 18.0 Å². The van der Waals surface area contributed by atoms with E-state index in [9.17, 15) is 4.79 Å². The Hall–Kier alpha value is -2.18. The van der Waals surface area contributed by atoms with E-state index in [4.69, 9.17) is 0 Å². The number of nitrogens with zero attached hydrogens (tertiary/aromatic N) is 3. The van der Waals surface area contributed by atoms with Gasteiger partial charge in [-0.15, -0.1) is 0 Å². The molecular formula is C8H10N6O. The van der Waals surface area contributed by atoms with E-state index in [1.807, 2.05) is 0 Å². The van der Waals surface area contributed by atoms with Crippen molar-refractivity contribution in [2.24, 2.45) is 0 Å². The fraction of sp³-hybridized carbons (Fsp3) is 0.250. The average Bonchev–Trinajstić information content (AvgIpc) is 2.71. The third-order valence-electron chi connectivity index (χ3n) is 1.81. The molecule has 0 radical (unpaired) electrons. The molecule has 2 heterocycles. The van der Waals surface area contributed by atoms with Crippen molar-refractivity contribution in [3.8, 4) is 0 Å². The van der Waals surface area contributed by atoms with Gasteiger partial charge >= 0.3 is 0 Å². The Morgan fingerprint density at radius 1 is 1.40 bits per heavy atom. The largest absolute Gasteiger partial charge is 0.369 e. The van der Waals surface area contributed by atoms with Crippen LogP contribution >= 0.6 is 0 Å². The Morgan fingerprint density at radius 3 is 3.07 bits per heavy atom. The van der Waals surface area contributed by atoms with Gasteiger partial charge in [-0.1, -0.05) is 0 Å². The third kappa shape index (κ3) is 2.63. The van der Waals surface area contributed by atoms with Crippen LogP contribution in [0, 0.1) is 0 Å². The van der Waals surface area contributed by atoms with Gasteiger partial charge in [0.15, 0.2) is 0 Å². The molecule has 2 aromatic rings. The number of hydrogen-bond acceptors (Lipinski definition) is 5. The lowest BCUT2D eigenvalue weighted by Crippen LogP contribution is -2.11. The van der Waals surface area contributed by atoms with Gasteiger partial charge in [-0.3, -0.25) is 9.89 Å². The molecule has 0 saturated carbocycles. The van der Waals surface area contributed by atoms with E-state index in [1.165, 1.54) is 18.7 Å². The molecule has 0 unspecified atom stereocenters. The van der Waals surface area contributed by atoms with Crippen LogP contribution in [0.3, 0.4) is 0 Å². The van der Waals surface area contributed by atoms with Crippen molar-refractivity contribution in [3.05, 3.63) is 34.9 Å². The standard InChI is InChI=1S/C8H10N6O/c15-8-3-7(10-4-12-8)9-2-1-6-11-5-13-14-6/h3-5H,1-2H2,(H,11,13,14)(H2,9,10,12,15). The van der Waals surface area contributed by atoms with Crippen LogP contribution in [-0.2, 0) is 6.42 Å².